The van der Waals surface area contributed by atoms with Crippen molar-refractivity contribution >= 4 is 22.8 Å². The van der Waals surface area contributed by atoms with Gasteiger partial charge in [-0.15, -0.1) is 0 Å². The van der Waals surface area contributed by atoms with Crippen molar-refractivity contribution in [3.63, 3.8) is 0 Å². The molecular formula is C24H26N2O4. The van der Waals surface area contributed by atoms with E-state index in [1.807, 2.05) is 36.0 Å². The lowest BCUT2D eigenvalue weighted by Gasteiger charge is -2.21. The van der Waals surface area contributed by atoms with Gasteiger partial charge in [0.2, 0.25) is 5.78 Å². The SMILES string of the molecule is CC[NH+](CC)Cc1c([O-])ccc2c1O/C(=C/c1cn(C)c3ccc(OC)cc13)C2=O. The van der Waals surface area contributed by atoms with Crippen molar-refractivity contribution in [3.05, 3.63) is 59.0 Å². The number of hydrogen-bond acceptors (Lipinski definition) is 4. The molecule has 30 heavy (non-hydrogen) atoms. The van der Waals surface area contributed by atoms with E-state index in [2.05, 4.69) is 13.8 Å². The number of carbonyl (C=O) groups excluding carboxylic acids is 1. The normalized spacial score (nSPS) is 14.6. The number of fused-ring (bicyclic) bond motifs is 2. The number of quaternary nitrogens is 1. The quantitative estimate of drug-likeness (QED) is 0.638. The van der Waals surface area contributed by atoms with Gasteiger partial charge in [0.25, 0.3) is 0 Å². The van der Waals surface area contributed by atoms with Crippen LogP contribution in [0.2, 0.25) is 0 Å². The van der Waals surface area contributed by atoms with Crippen molar-refractivity contribution in [1.82, 2.24) is 4.57 Å². The molecule has 0 atom stereocenters. The van der Waals surface area contributed by atoms with Crippen molar-refractivity contribution in [2.24, 2.45) is 7.05 Å². The third-order valence-corrected chi connectivity index (χ3v) is 5.84. The first-order valence-electron chi connectivity index (χ1n) is 10.2. The van der Waals surface area contributed by atoms with E-state index in [9.17, 15) is 9.90 Å². The number of methoxy groups -OCH3 is 1. The van der Waals surface area contributed by atoms with Gasteiger partial charge in [0.15, 0.2) is 5.76 Å². The predicted octanol–water partition coefficient (Wildman–Crippen LogP) is 2.30. The highest BCUT2D eigenvalue weighted by molar-refractivity contribution is 6.15. The Kier molecular flexibility index (Phi) is 5.26. The van der Waals surface area contributed by atoms with Crippen LogP contribution in [0, 0.1) is 0 Å². The summed E-state index contributed by atoms with van der Waals surface area (Å²) in [5.74, 6) is 1.12. The molecule has 0 radical (unpaired) electrons. The summed E-state index contributed by atoms with van der Waals surface area (Å²) in [6, 6.07) is 8.89. The van der Waals surface area contributed by atoms with Gasteiger partial charge in [0.1, 0.15) is 18.0 Å². The van der Waals surface area contributed by atoms with Crippen LogP contribution in [0.25, 0.3) is 17.0 Å². The van der Waals surface area contributed by atoms with Crippen LogP contribution in [0.4, 0.5) is 0 Å². The molecule has 2 heterocycles. The highest BCUT2D eigenvalue weighted by Crippen LogP contribution is 2.39. The number of carbonyl (C=O) groups is 1. The topological polar surface area (TPSA) is 68.0 Å². The Morgan fingerprint density at radius 1 is 1.20 bits per heavy atom. The highest BCUT2D eigenvalue weighted by atomic mass is 16.5. The Morgan fingerprint density at radius 3 is 2.67 bits per heavy atom. The van der Waals surface area contributed by atoms with Crippen LogP contribution in [0.15, 0.2) is 42.3 Å². The number of allylic oxidation sites excluding steroid dienone is 1. The number of ether oxygens (including phenoxy) is 2. The molecule has 0 saturated heterocycles. The Labute approximate surface area is 175 Å². The molecule has 0 fully saturated rings. The van der Waals surface area contributed by atoms with E-state index in [-0.39, 0.29) is 17.3 Å². The second-order valence-electron chi connectivity index (χ2n) is 7.57. The number of aromatic nitrogens is 1. The standard InChI is InChI=1S/C24H26N2O4/c1-5-26(6-2)14-19-21(27)10-8-17-23(28)22(30-24(17)19)11-15-13-25(3)20-9-7-16(29-4)12-18(15)20/h7-13,27H,5-6,14H2,1-4H3/b22-11+. The second-order valence-corrected chi connectivity index (χ2v) is 7.57. The minimum absolute atomic E-state index is 0.0860. The molecule has 3 aromatic rings. The average Bonchev–Trinajstić information content (AvgIpc) is 3.24. The molecule has 4 rings (SSSR count). The average molecular weight is 406 g/mol. The number of benzene rings is 2. The maximum Gasteiger partial charge on any atom is 0.231 e. The molecule has 2 aromatic carbocycles. The minimum Gasteiger partial charge on any atom is -0.872 e. The van der Waals surface area contributed by atoms with Gasteiger partial charge in [0.05, 0.1) is 25.8 Å². The van der Waals surface area contributed by atoms with Crippen molar-refractivity contribution in [3.8, 4) is 17.2 Å². The van der Waals surface area contributed by atoms with Crippen LogP contribution in [-0.4, -0.2) is 30.5 Å². The summed E-state index contributed by atoms with van der Waals surface area (Å²) in [5.41, 5.74) is 2.92. The van der Waals surface area contributed by atoms with Gasteiger partial charge in [-0.25, -0.2) is 0 Å². The summed E-state index contributed by atoms with van der Waals surface area (Å²) in [4.78, 5) is 14.3. The lowest BCUT2D eigenvalue weighted by atomic mass is 10.0. The number of ketones is 1. The van der Waals surface area contributed by atoms with Crippen LogP contribution in [-0.2, 0) is 13.6 Å². The fourth-order valence-corrected chi connectivity index (χ4v) is 3.99. The summed E-state index contributed by atoms with van der Waals surface area (Å²) in [6.07, 6.45) is 3.71. The summed E-state index contributed by atoms with van der Waals surface area (Å²) in [5, 5.41) is 13.5. The van der Waals surface area contributed by atoms with Gasteiger partial charge in [0, 0.05) is 35.3 Å². The molecule has 6 nitrogen and oxygen atoms in total. The fourth-order valence-electron chi connectivity index (χ4n) is 3.99. The summed E-state index contributed by atoms with van der Waals surface area (Å²) < 4.78 is 13.3. The van der Waals surface area contributed by atoms with Gasteiger partial charge in [-0.05, 0) is 44.2 Å². The first-order chi connectivity index (χ1) is 14.5. The van der Waals surface area contributed by atoms with E-state index < -0.39 is 0 Å². The Balaban J connectivity index is 1.76. The number of aryl methyl sites for hydroxylation is 1. The molecule has 0 saturated carbocycles. The molecule has 1 aliphatic heterocycles. The molecule has 0 unspecified atom stereocenters. The van der Waals surface area contributed by atoms with E-state index in [0.29, 0.717) is 23.4 Å². The van der Waals surface area contributed by atoms with Crippen LogP contribution >= 0.6 is 0 Å². The second kappa shape index (κ2) is 7.88. The zero-order chi connectivity index (χ0) is 21.4. The predicted molar refractivity (Wildman–Crippen MR) is 114 cm³/mol. The third-order valence-electron chi connectivity index (χ3n) is 5.84. The number of Topliss-reactive ketones (excluding diaryl/α,β-unsaturated/α-hetero) is 1. The Hall–Kier alpha value is -3.25. The van der Waals surface area contributed by atoms with Crippen molar-refractivity contribution in [2.75, 3.05) is 20.2 Å². The first-order valence-corrected chi connectivity index (χ1v) is 10.2. The fraction of sp³-hybridized carbons (Fsp3) is 0.292. The van der Waals surface area contributed by atoms with Crippen LogP contribution in [0.5, 0.6) is 17.2 Å². The maximum atomic E-state index is 13.0. The zero-order valence-electron chi connectivity index (χ0n) is 17.7. The van der Waals surface area contributed by atoms with E-state index >= 15 is 0 Å². The largest absolute Gasteiger partial charge is 0.872 e. The summed E-state index contributed by atoms with van der Waals surface area (Å²) >= 11 is 0. The Morgan fingerprint density at radius 2 is 1.97 bits per heavy atom. The molecule has 6 heteroatoms. The van der Waals surface area contributed by atoms with Gasteiger partial charge in [-0.3, -0.25) is 4.79 Å². The molecule has 156 valence electrons. The molecule has 0 aliphatic carbocycles. The van der Waals surface area contributed by atoms with Crippen molar-refractivity contribution in [1.29, 1.82) is 0 Å². The van der Waals surface area contributed by atoms with Crippen LogP contribution in [0.3, 0.4) is 0 Å². The molecule has 0 bridgehead atoms. The molecule has 0 spiro atoms. The minimum atomic E-state index is -0.194. The van der Waals surface area contributed by atoms with Gasteiger partial charge < -0.3 is 24.0 Å². The third kappa shape index (κ3) is 3.33. The molecule has 1 aliphatic rings. The first kappa shape index (κ1) is 20.0. The molecular weight excluding hydrogens is 380 g/mol. The van der Waals surface area contributed by atoms with E-state index in [1.165, 1.54) is 11.0 Å². The number of rotatable bonds is 6. The van der Waals surface area contributed by atoms with E-state index in [1.54, 1.807) is 19.3 Å². The van der Waals surface area contributed by atoms with Gasteiger partial charge >= 0.3 is 0 Å². The number of hydrogen-bond donors (Lipinski definition) is 1. The number of nitrogens with zero attached hydrogens (tertiary/aromatic N) is 1. The van der Waals surface area contributed by atoms with Crippen LogP contribution < -0.4 is 19.5 Å². The van der Waals surface area contributed by atoms with Crippen molar-refractivity contribution in [2.45, 2.75) is 20.4 Å². The number of nitrogens with one attached hydrogen (secondary N) is 1. The van der Waals surface area contributed by atoms with Gasteiger partial charge in [-0.2, -0.15) is 0 Å². The van der Waals surface area contributed by atoms with Crippen molar-refractivity contribution < 1.29 is 24.3 Å². The highest BCUT2D eigenvalue weighted by Gasteiger charge is 2.31. The Bertz CT molecular complexity index is 1160. The molecule has 1 N–H and O–H groups in total. The summed E-state index contributed by atoms with van der Waals surface area (Å²) in [7, 11) is 3.58. The molecule has 1 aromatic heterocycles. The van der Waals surface area contributed by atoms with Gasteiger partial charge in [-0.1, -0.05) is 11.8 Å². The summed E-state index contributed by atoms with van der Waals surface area (Å²) in [6.45, 7) is 6.50. The lowest BCUT2D eigenvalue weighted by molar-refractivity contribution is -0.910. The lowest BCUT2D eigenvalue weighted by Crippen LogP contribution is -3.10. The van der Waals surface area contributed by atoms with E-state index in [4.69, 9.17) is 9.47 Å². The monoisotopic (exact) mass is 406 g/mol. The maximum absolute atomic E-state index is 13.0. The van der Waals surface area contributed by atoms with E-state index in [0.717, 1.165) is 35.3 Å². The zero-order valence-corrected chi connectivity index (χ0v) is 17.7. The van der Waals surface area contributed by atoms with Crippen LogP contribution in [0.1, 0.15) is 35.3 Å². The smallest absolute Gasteiger partial charge is 0.231 e. The molecule has 0 amide bonds.